The maximum absolute atomic E-state index is 13.3. The summed E-state index contributed by atoms with van der Waals surface area (Å²) in [4.78, 5) is 4.83. The van der Waals surface area contributed by atoms with E-state index >= 15 is 0 Å². The summed E-state index contributed by atoms with van der Waals surface area (Å²) in [5.41, 5.74) is 1.94. The van der Waals surface area contributed by atoms with Gasteiger partial charge in [0.15, 0.2) is 0 Å². The maximum Gasteiger partial charge on any atom is 0.125 e. The predicted molar refractivity (Wildman–Crippen MR) is 90.1 cm³/mol. The van der Waals surface area contributed by atoms with E-state index in [0.717, 1.165) is 25.3 Å². The van der Waals surface area contributed by atoms with Crippen LogP contribution in [0.15, 0.2) is 36.7 Å². The van der Waals surface area contributed by atoms with E-state index in [2.05, 4.69) is 29.0 Å². The fraction of sp³-hybridized carbons (Fsp3) is 0.500. The van der Waals surface area contributed by atoms with Gasteiger partial charge in [-0.1, -0.05) is 12.5 Å². The molecule has 5 heteroatoms. The Morgan fingerprint density at radius 1 is 1.30 bits per heavy atom. The van der Waals surface area contributed by atoms with Crippen molar-refractivity contribution in [1.82, 2.24) is 19.6 Å². The smallest absolute Gasteiger partial charge is 0.125 e. The quantitative estimate of drug-likeness (QED) is 0.867. The lowest BCUT2D eigenvalue weighted by molar-refractivity contribution is 0.191. The molecule has 0 bridgehead atoms. The number of hydrogen-bond donors (Lipinski definition) is 0. The lowest BCUT2D eigenvalue weighted by atomic mass is 10.1. The van der Waals surface area contributed by atoms with Gasteiger partial charge < -0.3 is 4.90 Å². The number of nitrogens with zero attached hydrogens (tertiary/aromatic N) is 4. The molecule has 0 radical (unpaired) electrons. The first-order valence-electron chi connectivity index (χ1n) is 8.30. The molecular formula is C18H25FN4. The van der Waals surface area contributed by atoms with E-state index in [1.54, 1.807) is 10.7 Å². The van der Waals surface area contributed by atoms with Gasteiger partial charge >= 0.3 is 0 Å². The first kappa shape index (κ1) is 16.1. The molecule has 1 atom stereocenters. The third-order valence-corrected chi connectivity index (χ3v) is 4.58. The van der Waals surface area contributed by atoms with Crippen LogP contribution in [-0.2, 0) is 6.54 Å². The molecule has 1 aliphatic rings. The van der Waals surface area contributed by atoms with Crippen LogP contribution in [0.25, 0.3) is 5.69 Å². The van der Waals surface area contributed by atoms with Crippen molar-refractivity contribution in [1.29, 1.82) is 0 Å². The molecule has 2 heterocycles. The van der Waals surface area contributed by atoms with E-state index in [1.165, 1.54) is 37.0 Å². The molecule has 0 N–H and O–H groups in total. The molecule has 1 saturated heterocycles. The number of likely N-dealkylation sites (tertiary alicyclic amines) is 1. The number of hydrogen-bond acceptors (Lipinski definition) is 3. The van der Waals surface area contributed by atoms with Crippen molar-refractivity contribution in [3.8, 4) is 5.69 Å². The van der Waals surface area contributed by atoms with E-state index in [1.807, 2.05) is 18.5 Å². The van der Waals surface area contributed by atoms with E-state index in [-0.39, 0.29) is 5.82 Å². The lowest BCUT2D eigenvalue weighted by Gasteiger charge is -2.28. The molecule has 1 aliphatic heterocycles. The van der Waals surface area contributed by atoms with Crippen molar-refractivity contribution in [3.05, 3.63) is 48.0 Å². The molecule has 2 aromatic rings. The summed E-state index contributed by atoms with van der Waals surface area (Å²) in [6.07, 6.45) is 7.71. The van der Waals surface area contributed by atoms with Crippen molar-refractivity contribution in [2.24, 2.45) is 0 Å². The van der Waals surface area contributed by atoms with Gasteiger partial charge in [0, 0.05) is 30.9 Å². The summed E-state index contributed by atoms with van der Waals surface area (Å²) in [6.45, 7) is 3.13. The van der Waals surface area contributed by atoms with Gasteiger partial charge in [-0.25, -0.2) is 9.07 Å². The van der Waals surface area contributed by atoms with Crippen LogP contribution >= 0.6 is 0 Å². The highest BCUT2D eigenvalue weighted by atomic mass is 19.1. The molecule has 0 aliphatic carbocycles. The van der Waals surface area contributed by atoms with Crippen LogP contribution in [-0.4, -0.2) is 52.8 Å². The van der Waals surface area contributed by atoms with Crippen LogP contribution in [0, 0.1) is 5.82 Å². The minimum Gasteiger partial charge on any atom is -0.305 e. The van der Waals surface area contributed by atoms with Crippen molar-refractivity contribution in [3.63, 3.8) is 0 Å². The normalized spacial score (nSPS) is 19.9. The Kier molecular flexibility index (Phi) is 5.08. The number of benzene rings is 1. The van der Waals surface area contributed by atoms with Crippen LogP contribution < -0.4 is 0 Å². The van der Waals surface area contributed by atoms with E-state index in [4.69, 9.17) is 0 Å². The van der Waals surface area contributed by atoms with Crippen LogP contribution in [0.1, 0.15) is 24.8 Å². The van der Waals surface area contributed by atoms with E-state index in [9.17, 15) is 4.39 Å². The number of aromatic nitrogens is 2. The molecule has 124 valence electrons. The monoisotopic (exact) mass is 316 g/mol. The summed E-state index contributed by atoms with van der Waals surface area (Å²) in [5.74, 6) is -0.235. The SMILES string of the molecule is CN(C)[C@H]1CCCCN(Cc2cnn(-c3cccc(F)c3)c2)C1. The summed E-state index contributed by atoms with van der Waals surface area (Å²) >= 11 is 0. The fourth-order valence-corrected chi connectivity index (χ4v) is 3.22. The van der Waals surface area contributed by atoms with Gasteiger partial charge in [-0.15, -0.1) is 0 Å². The molecule has 0 spiro atoms. The van der Waals surface area contributed by atoms with Gasteiger partial charge in [-0.3, -0.25) is 4.90 Å². The largest absolute Gasteiger partial charge is 0.305 e. The zero-order valence-electron chi connectivity index (χ0n) is 14.0. The zero-order chi connectivity index (χ0) is 16.2. The molecule has 4 nitrogen and oxygen atoms in total. The summed E-state index contributed by atoms with van der Waals surface area (Å²) in [7, 11) is 4.33. The molecule has 1 aromatic heterocycles. The van der Waals surface area contributed by atoms with Gasteiger partial charge in [0.05, 0.1) is 11.9 Å². The third-order valence-electron chi connectivity index (χ3n) is 4.58. The second-order valence-corrected chi connectivity index (χ2v) is 6.62. The van der Waals surface area contributed by atoms with Crippen LogP contribution in [0.3, 0.4) is 0 Å². The number of likely N-dealkylation sites (N-methyl/N-ethyl adjacent to an activating group) is 1. The second-order valence-electron chi connectivity index (χ2n) is 6.62. The third kappa shape index (κ3) is 4.18. The number of halogens is 1. The Morgan fingerprint density at radius 3 is 2.96 bits per heavy atom. The molecule has 0 unspecified atom stereocenters. The van der Waals surface area contributed by atoms with Gasteiger partial charge in [-0.2, -0.15) is 5.10 Å². The minimum absolute atomic E-state index is 0.235. The van der Waals surface area contributed by atoms with Gasteiger partial charge in [0.25, 0.3) is 0 Å². The number of rotatable bonds is 4. The van der Waals surface area contributed by atoms with Gasteiger partial charge in [0.1, 0.15) is 5.82 Å². The molecule has 3 rings (SSSR count). The predicted octanol–water partition coefficient (Wildman–Crippen LogP) is 2.93. The Bertz CT molecular complexity index is 637. The highest BCUT2D eigenvalue weighted by Gasteiger charge is 2.20. The lowest BCUT2D eigenvalue weighted by Crippen LogP contribution is -2.38. The van der Waals surface area contributed by atoms with Gasteiger partial charge in [-0.05, 0) is 51.7 Å². The average molecular weight is 316 g/mol. The van der Waals surface area contributed by atoms with E-state index < -0.39 is 0 Å². The van der Waals surface area contributed by atoms with Crippen molar-refractivity contribution in [2.75, 3.05) is 27.2 Å². The summed E-state index contributed by atoms with van der Waals surface area (Å²) in [6, 6.07) is 7.16. The topological polar surface area (TPSA) is 24.3 Å². The second kappa shape index (κ2) is 7.23. The minimum atomic E-state index is -0.235. The van der Waals surface area contributed by atoms with Crippen LogP contribution in [0.4, 0.5) is 4.39 Å². The van der Waals surface area contributed by atoms with E-state index in [0.29, 0.717) is 6.04 Å². The summed E-state index contributed by atoms with van der Waals surface area (Å²) < 4.78 is 15.1. The maximum atomic E-state index is 13.3. The molecule has 1 fully saturated rings. The van der Waals surface area contributed by atoms with Crippen LogP contribution in [0.2, 0.25) is 0 Å². The van der Waals surface area contributed by atoms with Crippen molar-refractivity contribution in [2.45, 2.75) is 31.8 Å². The fourth-order valence-electron chi connectivity index (χ4n) is 3.22. The van der Waals surface area contributed by atoms with Crippen molar-refractivity contribution >= 4 is 0 Å². The van der Waals surface area contributed by atoms with Crippen molar-refractivity contribution < 1.29 is 4.39 Å². The molecular weight excluding hydrogens is 291 g/mol. The zero-order valence-corrected chi connectivity index (χ0v) is 14.0. The molecule has 1 aromatic carbocycles. The Balaban J connectivity index is 1.68. The molecule has 0 saturated carbocycles. The highest BCUT2D eigenvalue weighted by Crippen LogP contribution is 2.17. The van der Waals surface area contributed by atoms with Crippen LogP contribution in [0.5, 0.6) is 0 Å². The Morgan fingerprint density at radius 2 is 2.17 bits per heavy atom. The Labute approximate surface area is 137 Å². The first-order chi connectivity index (χ1) is 11.1. The van der Waals surface area contributed by atoms with Gasteiger partial charge in [0.2, 0.25) is 0 Å². The highest BCUT2D eigenvalue weighted by molar-refractivity contribution is 5.31. The molecule has 0 amide bonds. The standard InChI is InChI=1S/C18H25FN4/c1-21(2)18-7-3-4-9-22(14-18)12-15-11-20-23(13-15)17-8-5-6-16(19)10-17/h5-6,8,10-11,13,18H,3-4,7,9,12,14H2,1-2H3/t18-/m0/s1. The first-order valence-corrected chi connectivity index (χ1v) is 8.30. The summed E-state index contributed by atoms with van der Waals surface area (Å²) in [5, 5.41) is 4.38. The average Bonchev–Trinajstić information content (AvgIpc) is 2.85. The Hall–Kier alpha value is -1.72. The molecule has 23 heavy (non-hydrogen) atoms.